The molecule has 0 aliphatic heterocycles. The number of nitrogens with one attached hydrogen (secondary N) is 1. The molecule has 1 aliphatic carbocycles. The molecule has 1 N–H and O–H groups in total. The summed E-state index contributed by atoms with van der Waals surface area (Å²) < 4.78 is 26.0. The van der Waals surface area contributed by atoms with Crippen molar-refractivity contribution in [2.24, 2.45) is 0 Å². The van der Waals surface area contributed by atoms with Gasteiger partial charge < -0.3 is 5.32 Å². The highest BCUT2D eigenvalue weighted by atomic mass is 19.2. The van der Waals surface area contributed by atoms with Gasteiger partial charge in [-0.15, -0.1) is 0 Å². The average molecular weight is 239 g/mol. The third kappa shape index (κ3) is 3.03. The number of halogens is 2. The topological polar surface area (TPSA) is 12.0 Å². The van der Waals surface area contributed by atoms with Crippen molar-refractivity contribution in [3.05, 3.63) is 35.4 Å². The van der Waals surface area contributed by atoms with Gasteiger partial charge in [0.2, 0.25) is 0 Å². The molecule has 0 bridgehead atoms. The number of benzene rings is 1. The van der Waals surface area contributed by atoms with Gasteiger partial charge in [-0.2, -0.15) is 0 Å². The molecule has 1 fully saturated rings. The van der Waals surface area contributed by atoms with Crippen LogP contribution in [0.2, 0.25) is 0 Å². The Morgan fingerprint density at radius 1 is 1.24 bits per heavy atom. The van der Waals surface area contributed by atoms with Crippen LogP contribution in [0.15, 0.2) is 18.2 Å². The van der Waals surface area contributed by atoms with E-state index in [-0.39, 0.29) is 0 Å². The van der Waals surface area contributed by atoms with Gasteiger partial charge in [0, 0.05) is 6.04 Å². The average Bonchev–Trinajstić information content (AvgIpc) is 2.79. The summed E-state index contributed by atoms with van der Waals surface area (Å²) in [4.78, 5) is 0. The Bertz CT molecular complexity index is 378. The first-order chi connectivity index (χ1) is 8.20. The molecule has 0 heterocycles. The van der Waals surface area contributed by atoms with E-state index in [0.29, 0.717) is 12.0 Å². The van der Waals surface area contributed by atoms with Gasteiger partial charge in [0.25, 0.3) is 0 Å². The lowest BCUT2D eigenvalue weighted by molar-refractivity contribution is 0.501. The second-order valence-electron chi connectivity index (χ2n) is 4.83. The van der Waals surface area contributed by atoms with Crippen LogP contribution in [0, 0.1) is 11.6 Å². The smallest absolute Gasteiger partial charge is 0.159 e. The monoisotopic (exact) mass is 239 g/mol. The predicted molar refractivity (Wildman–Crippen MR) is 65.0 cm³/mol. The Morgan fingerprint density at radius 3 is 2.76 bits per heavy atom. The maximum atomic E-state index is 13.1. The van der Waals surface area contributed by atoms with Crippen LogP contribution in [-0.4, -0.2) is 12.6 Å². The Hall–Kier alpha value is -0.960. The molecule has 1 aromatic rings. The van der Waals surface area contributed by atoms with Gasteiger partial charge >= 0.3 is 0 Å². The molecule has 0 aromatic heterocycles. The van der Waals surface area contributed by atoms with Crippen LogP contribution in [-0.2, 0) is 0 Å². The summed E-state index contributed by atoms with van der Waals surface area (Å²) in [6.07, 6.45) is 4.35. The second-order valence-corrected chi connectivity index (χ2v) is 4.83. The lowest BCUT2D eigenvalue weighted by Gasteiger charge is -2.13. The maximum Gasteiger partial charge on any atom is 0.159 e. The molecule has 17 heavy (non-hydrogen) atoms. The summed E-state index contributed by atoms with van der Waals surface area (Å²) in [6, 6.07) is 4.83. The molecule has 2 atom stereocenters. The highest BCUT2D eigenvalue weighted by Gasteiger charge is 2.25. The van der Waals surface area contributed by atoms with E-state index in [0.717, 1.165) is 37.8 Å². The molecular formula is C14H19F2N. The van der Waals surface area contributed by atoms with Crippen LogP contribution in [0.5, 0.6) is 0 Å². The van der Waals surface area contributed by atoms with Gasteiger partial charge in [-0.1, -0.05) is 13.0 Å². The fourth-order valence-corrected chi connectivity index (χ4v) is 2.58. The van der Waals surface area contributed by atoms with E-state index in [1.807, 2.05) is 0 Å². The first-order valence-corrected chi connectivity index (χ1v) is 6.39. The molecule has 0 amide bonds. The molecule has 0 saturated heterocycles. The van der Waals surface area contributed by atoms with Crippen LogP contribution in [0.3, 0.4) is 0 Å². The van der Waals surface area contributed by atoms with Gasteiger partial charge in [0.1, 0.15) is 0 Å². The minimum absolute atomic E-state index is 0.374. The van der Waals surface area contributed by atoms with Gasteiger partial charge in [-0.05, 0) is 55.8 Å². The fraction of sp³-hybridized carbons (Fsp3) is 0.571. The number of hydrogen-bond acceptors (Lipinski definition) is 1. The standard InChI is InChI=1S/C14H19F2N/c1-2-7-17-12-5-3-10(8-12)11-4-6-13(15)14(16)9-11/h4,6,9-10,12,17H,2-3,5,7-8H2,1H3. The third-order valence-electron chi connectivity index (χ3n) is 3.53. The first kappa shape index (κ1) is 12.5. The lowest BCUT2D eigenvalue weighted by Crippen LogP contribution is -2.26. The Labute approximate surface area is 101 Å². The molecule has 1 aliphatic rings. The molecule has 2 unspecified atom stereocenters. The van der Waals surface area contributed by atoms with Crippen molar-refractivity contribution in [2.45, 2.75) is 44.6 Å². The highest BCUT2D eigenvalue weighted by Crippen LogP contribution is 2.34. The van der Waals surface area contributed by atoms with Crippen molar-refractivity contribution in [2.75, 3.05) is 6.54 Å². The van der Waals surface area contributed by atoms with Crippen molar-refractivity contribution < 1.29 is 8.78 Å². The number of hydrogen-bond donors (Lipinski definition) is 1. The van der Waals surface area contributed by atoms with E-state index < -0.39 is 11.6 Å². The molecule has 0 spiro atoms. The highest BCUT2D eigenvalue weighted by molar-refractivity contribution is 5.23. The van der Waals surface area contributed by atoms with E-state index in [2.05, 4.69) is 12.2 Å². The van der Waals surface area contributed by atoms with E-state index in [9.17, 15) is 8.78 Å². The van der Waals surface area contributed by atoms with Crippen LogP contribution in [0.4, 0.5) is 8.78 Å². The minimum atomic E-state index is -0.757. The van der Waals surface area contributed by atoms with Crippen LogP contribution >= 0.6 is 0 Å². The minimum Gasteiger partial charge on any atom is -0.314 e. The van der Waals surface area contributed by atoms with E-state index >= 15 is 0 Å². The molecule has 1 nitrogen and oxygen atoms in total. The molecule has 1 aromatic carbocycles. The quantitative estimate of drug-likeness (QED) is 0.846. The van der Waals surface area contributed by atoms with E-state index in [1.54, 1.807) is 6.07 Å². The Morgan fingerprint density at radius 2 is 2.06 bits per heavy atom. The summed E-state index contributed by atoms with van der Waals surface area (Å²) >= 11 is 0. The van der Waals surface area contributed by atoms with E-state index in [4.69, 9.17) is 0 Å². The van der Waals surface area contributed by atoms with Crippen LogP contribution < -0.4 is 5.32 Å². The Balaban J connectivity index is 1.97. The van der Waals surface area contributed by atoms with Crippen molar-refractivity contribution in [1.29, 1.82) is 0 Å². The largest absolute Gasteiger partial charge is 0.314 e. The zero-order valence-corrected chi connectivity index (χ0v) is 10.2. The molecule has 0 radical (unpaired) electrons. The molecular weight excluding hydrogens is 220 g/mol. The summed E-state index contributed by atoms with van der Waals surface area (Å²) in [5, 5.41) is 3.49. The summed E-state index contributed by atoms with van der Waals surface area (Å²) in [5.41, 5.74) is 0.935. The zero-order valence-electron chi connectivity index (χ0n) is 10.2. The summed E-state index contributed by atoms with van der Waals surface area (Å²) in [7, 11) is 0. The Kier molecular flexibility index (Phi) is 4.11. The fourth-order valence-electron chi connectivity index (χ4n) is 2.58. The normalized spacial score (nSPS) is 24.2. The van der Waals surface area contributed by atoms with Crippen molar-refractivity contribution in [3.8, 4) is 0 Å². The molecule has 3 heteroatoms. The molecule has 2 rings (SSSR count). The van der Waals surface area contributed by atoms with Gasteiger partial charge in [-0.3, -0.25) is 0 Å². The van der Waals surface area contributed by atoms with Crippen LogP contribution in [0.1, 0.15) is 44.1 Å². The molecule has 94 valence electrons. The third-order valence-corrected chi connectivity index (χ3v) is 3.53. The van der Waals surface area contributed by atoms with Crippen LogP contribution in [0.25, 0.3) is 0 Å². The summed E-state index contributed by atoms with van der Waals surface area (Å²) in [6.45, 7) is 3.18. The SMILES string of the molecule is CCCNC1CCC(c2ccc(F)c(F)c2)C1. The van der Waals surface area contributed by atoms with Crippen molar-refractivity contribution >= 4 is 0 Å². The lowest BCUT2D eigenvalue weighted by atomic mass is 9.97. The van der Waals surface area contributed by atoms with Crippen molar-refractivity contribution in [3.63, 3.8) is 0 Å². The van der Waals surface area contributed by atoms with Gasteiger partial charge in [0.05, 0.1) is 0 Å². The second kappa shape index (κ2) is 5.58. The zero-order chi connectivity index (χ0) is 12.3. The number of rotatable bonds is 4. The van der Waals surface area contributed by atoms with Gasteiger partial charge in [-0.25, -0.2) is 8.78 Å². The molecule has 1 saturated carbocycles. The van der Waals surface area contributed by atoms with Crippen molar-refractivity contribution in [1.82, 2.24) is 5.32 Å². The maximum absolute atomic E-state index is 13.1. The predicted octanol–water partition coefficient (Wildman–Crippen LogP) is 3.60. The van der Waals surface area contributed by atoms with E-state index in [1.165, 1.54) is 12.1 Å². The first-order valence-electron chi connectivity index (χ1n) is 6.39. The summed E-state index contributed by atoms with van der Waals surface area (Å²) in [5.74, 6) is -1.11. The van der Waals surface area contributed by atoms with Gasteiger partial charge in [0.15, 0.2) is 11.6 Å².